The van der Waals surface area contributed by atoms with Gasteiger partial charge in [-0.1, -0.05) is 60.7 Å². The summed E-state index contributed by atoms with van der Waals surface area (Å²) >= 11 is 0. The first-order chi connectivity index (χ1) is 11.7. The Hall–Kier alpha value is -2.17. The van der Waals surface area contributed by atoms with Gasteiger partial charge in [-0.3, -0.25) is 4.79 Å². The second-order valence-electron chi connectivity index (χ2n) is 6.51. The zero-order chi connectivity index (χ0) is 16.8. The number of benzene rings is 2. The van der Waals surface area contributed by atoms with Crippen molar-refractivity contribution < 1.29 is 9.90 Å². The van der Waals surface area contributed by atoms with Crippen LogP contribution >= 0.6 is 0 Å². The molecule has 24 heavy (non-hydrogen) atoms. The lowest BCUT2D eigenvalue weighted by Gasteiger charge is -2.23. The van der Waals surface area contributed by atoms with Crippen molar-refractivity contribution in [2.75, 3.05) is 19.6 Å². The third-order valence-electron chi connectivity index (χ3n) is 4.63. The second-order valence-corrected chi connectivity index (χ2v) is 6.51. The number of nitrogens with one attached hydrogen (secondary N) is 2. The SMILES string of the molecule is O=C(CC(c1ccccc1)c1ccccc1)NC[C@]1(O)CCNC1. The molecule has 1 aliphatic rings. The van der Waals surface area contributed by atoms with Crippen molar-refractivity contribution in [2.24, 2.45) is 0 Å². The minimum absolute atomic E-state index is 0.0174. The maximum absolute atomic E-state index is 12.5. The van der Waals surface area contributed by atoms with E-state index in [4.69, 9.17) is 0 Å². The average molecular weight is 324 g/mol. The molecule has 3 N–H and O–H groups in total. The second kappa shape index (κ2) is 7.60. The lowest BCUT2D eigenvalue weighted by molar-refractivity contribution is -0.122. The first kappa shape index (κ1) is 16.7. The van der Waals surface area contributed by atoms with Crippen LogP contribution in [0.3, 0.4) is 0 Å². The van der Waals surface area contributed by atoms with Gasteiger partial charge in [0.1, 0.15) is 0 Å². The van der Waals surface area contributed by atoms with Crippen molar-refractivity contribution in [1.29, 1.82) is 0 Å². The Kier molecular flexibility index (Phi) is 5.28. The number of hydrogen-bond acceptors (Lipinski definition) is 3. The summed E-state index contributed by atoms with van der Waals surface area (Å²) in [6, 6.07) is 20.2. The van der Waals surface area contributed by atoms with Crippen LogP contribution in [0.2, 0.25) is 0 Å². The summed E-state index contributed by atoms with van der Waals surface area (Å²) in [5.74, 6) is -0.0169. The number of carbonyl (C=O) groups excluding carboxylic acids is 1. The summed E-state index contributed by atoms with van der Waals surface area (Å²) in [4.78, 5) is 12.5. The molecule has 2 aromatic carbocycles. The quantitative estimate of drug-likeness (QED) is 0.762. The molecule has 0 aliphatic carbocycles. The van der Waals surface area contributed by atoms with E-state index in [0.717, 1.165) is 17.7 Å². The summed E-state index contributed by atoms with van der Waals surface area (Å²) in [5.41, 5.74) is 1.44. The van der Waals surface area contributed by atoms with Gasteiger partial charge in [-0.2, -0.15) is 0 Å². The van der Waals surface area contributed by atoms with Crippen LogP contribution in [0.25, 0.3) is 0 Å². The molecule has 126 valence electrons. The smallest absolute Gasteiger partial charge is 0.221 e. The summed E-state index contributed by atoms with van der Waals surface area (Å²) in [7, 11) is 0. The minimum Gasteiger partial charge on any atom is -0.387 e. The fourth-order valence-electron chi connectivity index (χ4n) is 3.20. The van der Waals surface area contributed by atoms with E-state index in [-0.39, 0.29) is 11.8 Å². The van der Waals surface area contributed by atoms with Gasteiger partial charge >= 0.3 is 0 Å². The molecule has 1 aliphatic heterocycles. The van der Waals surface area contributed by atoms with Crippen LogP contribution in [0.4, 0.5) is 0 Å². The van der Waals surface area contributed by atoms with E-state index in [1.807, 2.05) is 36.4 Å². The fourth-order valence-corrected chi connectivity index (χ4v) is 3.20. The van der Waals surface area contributed by atoms with E-state index < -0.39 is 5.60 Å². The van der Waals surface area contributed by atoms with E-state index in [1.54, 1.807) is 0 Å². The van der Waals surface area contributed by atoms with E-state index >= 15 is 0 Å². The van der Waals surface area contributed by atoms with E-state index in [0.29, 0.717) is 25.9 Å². The molecule has 1 amide bonds. The third-order valence-corrected chi connectivity index (χ3v) is 4.63. The predicted octanol–water partition coefficient (Wildman–Crippen LogP) is 2.05. The molecular formula is C20H24N2O2. The van der Waals surface area contributed by atoms with Crippen LogP contribution in [0.15, 0.2) is 60.7 Å². The summed E-state index contributed by atoms with van der Waals surface area (Å²) < 4.78 is 0. The maximum atomic E-state index is 12.5. The third kappa shape index (κ3) is 4.22. The molecule has 0 aromatic heterocycles. The van der Waals surface area contributed by atoms with Crippen LogP contribution in [0.5, 0.6) is 0 Å². The Morgan fingerprint density at radius 1 is 1.08 bits per heavy atom. The van der Waals surface area contributed by atoms with E-state index in [9.17, 15) is 9.90 Å². The molecule has 0 bridgehead atoms. The van der Waals surface area contributed by atoms with Gasteiger partial charge in [-0.25, -0.2) is 0 Å². The highest BCUT2D eigenvalue weighted by atomic mass is 16.3. The number of carbonyl (C=O) groups is 1. The highest BCUT2D eigenvalue weighted by Gasteiger charge is 2.31. The standard InChI is InChI=1S/C20H24N2O2/c23-19(22-15-20(24)11-12-21-14-20)13-18(16-7-3-1-4-8-16)17-9-5-2-6-10-17/h1-10,18,21,24H,11-15H2,(H,22,23)/t20-/m0/s1. The molecule has 4 nitrogen and oxygen atoms in total. The van der Waals surface area contributed by atoms with Crippen LogP contribution in [-0.2, 0) is 4.79 Å². The monoisotopic (exact) mass is 324 g/mol. The zero-order valence-corrected chi connectivity index (χ0v) is 13.7. The number of aliphatic hydroxyl groups is 1. The lowest BCUT2D eigenvalue weighted by atomic mass is 9.88. The molecule has 2 aromatic rings. The molecule has 4 heteroatoms. The van der Waals surface area contributed by atoms with Gasteiger partial charge in [0.2, 0.25) is 5.91 Å². The van der Waals surface area contributed by atoms with Gasteiger partial charge in [0, 0.05) is 25.4 Å². The van der Waals surface area contributed by atoms with Crippen molar-refractivity contribution in [3.05, 3.63) is 71.8 Å². The molecular weight excluding hydrogens is 300 g/mol. The van der Waals surface area contributed by atoms with E-state index in [2.05, 4.69) is 34.9 Å². The Bertz CT molecular complexity index is 612. The molecule has 1 atom stereocenters. The van der Waals surface area contributed by atoms with Gasteiger partial charge < -0.3 is 15.7 Å². The van der Waals surface area contributed by atoms with Crippen LogP contribution in [-0.4, -0.2) is 36.2 Å². The van der Waals surface area contributed by atoms with Crippen molar-refractivity contribution in [1.82, 2.24) is 10.6 Å². The predicted molar refractivity (Wildman–Crippen MR) is 94.8 cm³/mol. The summed E-state index contributed by atoms with van der Waals surface area (Å²) in [6.45, 7) is 1.63. The number of amides is 1. The highest BCUT2D eigenvalue weighted by Crippen LogP contribution is 2.27. The average Bonchev–Trinajstić information content (AvgIpc) is 3.06. The van der Waals surface area contributed by atoms with Gasteiger partial charge in [-0.15, -0.1) is 0 Å². The maximum Gasteiger partial charge on any atom is 0.221 e. The van der Waals surface area contributed by atoms with Gasteiger partial charge in [-0.05, 0) is 24.1 Å². The molecule has 3 rings (SSSR count). The van der Waals surface area contributed by atoms with Gasteiger partial charge in [0.15, 0.2) is 0 Å². The van der Waals surface area contributed by atoms with Crippen LogP contribution < -0.4 is 10.6 Å². The summed E-state index contributed by atoms with van der Waals surface area (Å²) in [5, 5.41) is 16.4. The Balaban J connectivity index is 1.69. The van der Waals surface area contributed by atoms with Gasteiger partial charge in [0.05, 0.1) is 5.60 Å². The number of β-amino-alcohol motifs (C(OH)–C–C–N with tert-alkyl or cyclic N) is 1. The largest absolute Gasteiger partial charge is 0.387 e. The van der Waals surface area contributed by atoms with Crippen molar-refractivity contribution in [3.63, 3.8) is 0 Å². The van der Waals surface area contributed by atoms with E-state index in [1.165, 1.54) is 0 Å². The summed E-state index contributed by atoms with van der Waals surface area (Å²) in [6.07, 6.45) is 1.05. The Morgan fingerprint density at radius 3 is 2.17 bits per heavy atom. The Labute approximate surface area is 142 Å². The molecule has 1 saturated heterocycles. The lowest BCUT2D eigenvalue weighted by Crippen LogP contribution is -2.44. The molecule has 1 heterocycles. The first-order valence-corrected chi connectivity index (χ1v) is 8.46. The molecule has 1 fully saturated rings. The molecule has 0 spiro atoms. The van der Waals surface area contributed by atoms with Crippen molar-refractivity contribution >= 4 is 5.91 Å². The number of hydrogen-bond donors (Lipinski definition) is 3. The van der Waals surface area contributed by atoms with Crippen molar-refractivity contribution in [3.8, 4) is 0 Å². The zero-order valence-electron chi connectivity index (χ0n) is 13.7. The van der Waals surface area contributed by atoms with Crippen LogP contribution in [0.1, 0.15) is 29.9 Å². The molecule has 0 saturated carbocycles. The highest BCUT2D eigenvalue weighted by molar-refractivity contribution is 5.77. The Morgan fingerprint density at radius 2 is 1.67 bits per heavy atom. The minimum atomic E-state index is -0.815. The topological polar surface area (TPSA) is 61.4 Å². The fraction of sp³-hybridized carbons (Fsp3) is 0.350. The van der Waals surface area contributed by atoms with Crippen molar-refractivity contribution in [2.45, 2.75) is 24.4 Å². The molecule has 0 unspecified atom stereocenters. The normalized spacial score (nSPS) is 20.2. The number of rotatable bonds is 6. The first-order valence-electron chi connectivity index (χ1n) is 8.46. The molecule has 0 radical (unpaired) electrons. The van der Waals surface area contributed by atoms with Gasteiger partial charge in [0.25, 0.3) is 0 Å². The van der Waals surface area contributed by atoms with Crippen LogP contribution in [0, 0.1) is 0 Å².